The summed E-state index contributed by atoms with van der Waals surface area (Å²) in [6.07, 6.45) is -3.10. The summed E-state index contributed by atoms with van der Waals surface area (Å²) in [7, 11) is 0. The SMILES string of the molecule is O=[N+]([O-])c1ccc(C2=NOC(c3ccc(N4CCC(Oc5ccc(OC(F)(F)F)cc5)CC4)cc3)C2)o1. The second kappa shape index (κ2) is 10.0. The van der Waals surface area contributed by atoms with E-state index in [0.29, 0.717) is 23.6 Å². The predicted molar refractivity (Wildman–Crippen MR) is 126 cm³/mol. The first-order valence-corrected chi connectivity index (χ1v) is 11.6. The van der Waals surface area contributed by atoms with Crippen molar-refractivity contribution in [1.82, 2.24) is 0 Å². The van der Waals surface area contributed by atoms with E-state index in [4.69, 9.17) is 14.0 Å². The number of rotatable bonds is 7. The molecule has 37 heavy (non-hydrogen) atoms. The zero-order valence-electron chi connectivity index (χ0n) is 19.4. The van der Waals surface area contributed by atoms with E-state index in [2.05, 4.69) is 14.8 Å². The molecule has 3 aromatic rings. The van der Waals surface area contributed by atoms with Crippen molar-refractivity contribution in [2.75, 3.05) is 18.0 Å². The van der Waals surface area contributed by atoms with E-state index in [-0.39, 0.29) is 23.8 Å². The molecule has 2 aliphatic rings. The quantitative estimate of drug-likeness (QED) is 0.280. The lowest BCUT2D eigenvalue weighted by molar-refractivity contribution is -0.402. The van der Waals surface area contributed by atoms with Crippen LogP contribution in [-0.2, 0) is 4.84 Å². The van der Waals surface area contributed by atoms with Crippen LogP contribution in [0.25, 0.3) is 0 Å². The van der Waals surface area contributed by atoms with Gasteiger partial charge in [0.2, 0.25) is 0 Å². The molecule has 1 unspecified atom stereocenters. The Hall–Kier alpha value is -4.22. The van der Waals surface area contributed by atoms with Gasteiger partial charge in [0, 0.05) is 38.0 Å². The van der Waals surface area contributed by atoms with Gasteiger partial charge in [0.15, 0.2) is 11.9 Å². The van der Waals surface area contributed by atoms with Crippen molar-refractivity contribution in [2.24, 2.45) is 5.16 Å². The van der Waals surface area contributed by atoms with Gasteiger partial charge >= 0.3 is 12.2 Å². The van der Waals surface area contributed by atoms with Gasteiger partial charge in [0.05, 0.1) is 6.07 Å². The zero-order valence-corrected chi connectivity index (χ0v) is 19.4. The molecule has 1 saturated heterocycles. The first-order chi connectivity index (χ1) is 17.7. The third kappa shape index (κ3) is 5.96. The highest BCUT2D eigenvalue weighted by Gasteiger charge is 2.31. The summed E-state index contributed by atoms with van der Waals surface area (Å²) in [6, 6.07) is 16.2. The molecule has 0 amide bonds. The smallest absolute Gasteiger partial charge is 0.490 e. The number of ether oxygens (including phenoxy) is 2. The maximum atomic E-state index is 12.3. The maximum absolute atomic E-state index is 12.3. The number of nitro groups is 1. The van der Waals surface area contributed by atoms with Gasteiger partial charge in [-0.3, -0.25) is 10.1 Å². The number of piperidine rings is 1. The lowest BCUT2D eigenvalue weighted by Crippen LogP contribution is -2.38. The molecule has 0 saturated carbocycles. The molecule has 1 aromatic heterocycles. The van der Waals surface area contributed by atoms with Gasteiger partial charge in [0.1, 0.15) is 28.2 Å². The molecule has 0 aliphatic carbocycles. The van der Waals surface area contributed by atoms with Crippen LogP contribution in [0.1, 0.15) is 36.7 Å². The summed E-state index contributed by atoms with van der Waals surface area (Å²) in [4.78, 5) is 18.0. The van der Waals surface area contributed by atoms with Crippen LogP contribution in [0.15, 0.2) is 70.2 Å². The standard InChI is InChI=1S/C25H22F3N3O6/c26-25(27,28)36-20-7-5-18(6-8-20)34-19-11-13-30(14-12-19)17-3-1-16(2-4-17)23-15-21(29-37-23)22-9-10-24(35-22)31(32)33/h1-10,19,23H,11-15H2. The fourth-order valence-corrected chi connectivity index (χ4v) is 4.33. The van der Waals surface area contributed by atoms with Crippen LogP contribution in [0, 0.1) is 10.1 Å². The minimum Gasteiger partial charge on any atom is -0.490 e. The summed E-state index contributed by atoms with van der Waals surface area (Å²) in [5, 5.41) is 14.9. The van der Waals surface area contributed by atoms with E-state index < -0.39 is 11.3 Å². The van der Waals surface area contributed by atoms with Crippen LogP contribution in [0.2, 0.25) is 0 Å². The molecule has 1 fully saturated rings. The first kappa shape index (κ1) is 24.5. The Bertz CT molecular complexity index is 1270. The number of alkyl halides is 3. The van der Waals surface area contributed by atoms with E-state index in [1.165, 1.54) is 36.4 Å². The van der Waals surface area contributed by atoms with E-state index >= 15 is 0 Å². The van der Waals surface area contributed by atoms with Gasteiger partial charge in [-0.2, -0.15) is 0 Å². The Morgan fingerprint density at radius 1 is 0.973 bits per heavy atom. The fourth-order valence-electron chi connectivity index (χ4n) is 4.33. The molecule has 12 heteroatoms. The van der Waals surface area contributed by atoms with Crippen LogP contribution in [0.3, 0.4) is 0 Å². The molecule has 9 nitrogen and oxygen atoms in total. The minimum atomic E-state index is -4.72. The summed E-state index contributed by atoms with van der Waals surface area (Å²) in [5.41, 5.74) is 2.50. The van der Waals surface area contributed by atoms with Gasteiger partial charge in [-0.05, 0) is 48.0 Å². The molecule has 0 N–H and O–H groups in total. The van der Waals surface area contributed by atoms with Crippen molar-refractivity contribution in [3.63, 3.8) is 0 Å². The molecule has 2 aromatic carbocycles. The Morgan fingerprint density at radius 2 is 1.65 bits per heavy atom. The molecule has 5 rings (SSSR count). The van der Waals surface area contributed by atoms with Crippen molar-refractivity contribution in [2.45, 2.75) is 37.8 Å². The third-order valence-electron chi connectivity index (χ3n) is 6.16. The summed E-state index contributed by atoms with van der Waals surface area (Å²) >= 11 is 0. The van der Waals surface area contributed by atoms with E-state index in [1.807, 2.05) is 24.3 Å². The lowest BCUT2D eigenvalue weighted by atomic mass is 10.0. The van der Waals surface area contributed by atoms with Crippen molar-refractivity contribution in [1.29, 1.82) is 0 Å². The van der Waals surface area contributed by atoms with E-state index in [0.717, 1.165) is 37.2 Å². The van der Waals surface area contributed by atoms with Gasteiger partial charge in [-0.25, -0.2) is 0 Å². The van der Waals surface area contributed by atoms with Crippen molar-refractivity contribution >= 4 is 17.3 Å². The number of benzene rings is 2. The molecule has 0 bridgehead atoms. The van der Waals surface area contributed by atoms with E-state index in [9.17, 15) is 23.3 Å². The molecule has 0 radical (unpaired) electrons. The van der Waals surface area contributed by atoms with Crippen LogP contribution in [0.5, 0.6) is 11.5 Å². The highest BCUT2D eigenvalue weighted by atomic mass is 19.4. The monoisotopic (exact) mass is 517 g/mol. The Balaban J connectivity index is 1.11. The number of hydrogen-bond donors (Lipinski definition) is 0. The Kier molecular flexibility index (Phi) is 6.64. The van der Waals surface area contributed by atoms with Crippen LogP contribution in [0.4, 0.5) is 24.7 Å². The highest BCUT2D eigenvalue weighted by Crippen LogP contribution is 2.33. The second-order valence-corrected chi connectivity index (χ2v) is 8.65. The predicted octanol–water partition coefficient (Wildman–Crippen LogP) is 6.00. The number of halogens is 3. The number of anilines is 1. The Labute approximate surface area is 209 Å². The summed E-state index contributed by atoms with van der Waals surface area (Å²) < 4.78 is 51.9. The number of furan rings is 1. The van der Waals surface area contributed by atoms with Crippen LogP contribution < -0.4 is 14.4 Å². The number of oxime groups is 1. The second-order valence-electron chi connectivity index (χ2n) is 8.65. The largest absolute Gasteiger partial charge is 0.573 e. The van der Waals surface area contributed by atoms with Crippen molar-refractivity contribution < 1.29 is 36.8 Å². The maximum Gasteiger partial charge on any atom is 0.573 e. The lowest BCUT2D eigenvalue weighted by Gasteiger charge is -2.34. The molecule has 2 aliphatic heterocycles. The zero-order chi connectivity index (χ0) is 26.0. The topological polar surface area (TPSA) is 99.6 Å². The van der Waals surface area contributed by atoms with Gasteiger partial charge in [-0.1, -0.05) is 17.3 Å². The normalized spacial score (nSPS) is 18.3. The van der Waals surface area contributed by atoms with Crippen molar-refractivity contribution in [3.8, 4) is 11.5 Å². The van der Waals surface area contributed by atoms with E-state index in [1.54, 1.807) is 0 Å². The summed E-state index contributed by atoms with van der Waals surface area (Å²) in [5.74, 6) is 0.197. The first-order valence-electron chi connectivity index (χ1n) is 11.6. The van der Waals surface area contributed by atoms with Crippen LogP contribution in [-0.4, -0.2) is 36.2 Å². The molecular weight excluding hydrogens is 495 g/mol. The molecular formula is C25H22F3N3O6. The molecule has 3 heterocycles. The molecule has 194 valence electrons. The summed E-state index contributed by atoms with van der Waals surface area (Å²) in [6.45, 7) is 1.54. The van der Waals surface area contributed by atoms with Crippen molar-refractivity contribution in [3.05, 3.63) is 82.1 Å². The minimum absolute atomic E-state index is 0.0372. The van der Waals surface area contributed by atoms with Gasteiger partial charge < -0.3 is 23.6 Å². The number of nitrogens with zero attached hydrogens (tertiary/aromatic N) is 3. The molecule has 0 spiro atoms. The highest BCUT2D eigenvalue weighted by molar-refractivity contribution is 5.99. The Morgan fingerprint density at radius 3 is 2.27 bits per heavy atom. The number of hydrogen-bond acceptors (Lipinski definition) is 8. The molecule has 1 atom stereocenters. The average Bonchev–Trinajstić information content (AvgIpc) is 3.55. The van der Waals surface area contributed by atoms with Gasteiger partial charge in [0.25, 0.3) is 0 Å². The fraction of sp³-hybridized carbons (Fsp3) is 0.320. The average molecular weight is 517 g/mol. The third-order valence-corrected chi connectivity index (χ3v) is 6.16. The van der Waals surface area contributed by atoms with Crippen LogP contribution >= 0.6 is 0 Å². The van der Waals surface area contributed by atoms with Gasteiger partial charge in [-0.15, -0.1) is 13.2 Å².